The Balaban J connectivity index is 1.93. The number of nitrogens with zero attached hydrogens (tertiary/aromatic N) is 1. The van der Waals surface area contributed by atoms with Crippen molar-refractivity contribution in [2.75, 3.05) is 6.54 Å². The molecule has 2 aliphatic rings. The van der Waals surface area contributed by atoms with Crippen LogP contribution in [0.3, 0.4) is 0 Å². The zero-order valence-corrected chi connectivity index (χ0v) is 13.5. The fourth-order valence-corrected chi connectivity index (χ4v) is 4.01. The highest BCUT2D eigenvalue weighted by Crippen LogP contribution is 2.30. The average Bonchev–Trinajstić information content (AvgIpc) is 2.53. The zero-order chi connectivity index (χ0) is 15.1. The molecule has 2 saturated carbocycles. The molecule has 0 aromatic rings. The van der Waals surface area contributed by atoms with Gasteiger partial charge >= 0.3 is 5.97 Å². The number of hydrogen-bond acceptors (Lipinski definition) is 2. The lowest BCUT2D eigenvalue weighted by atomic mass is 9.88. The van der Waals surface area contributed by atoms with Gasteiger partial charge in [-0.15, -0.1) is 0 Å². The monoisotopic (exact) mass is 293 g/mol. The molecule has 0 bridgehead atoms. The molecule has 0 atom stereocenters. The summed E-state index contributed by atoms with van der Waals surface area (Å²) < 4.78 is 0. The lowest BCUT2D eigenvalue weighted by Gasteiger charge is -2.41. The summed E-state index contributed by atoms with van der Waals surface area (Å²) in [5, 5.41) is 8.96. The topological polar surface area (TPSA) is 40.5 Å². The van der Waals surface area contributed by atoms with E-state index in [1.165, 1.54) is 64.2 Å². The Labute approximate surface area is 129 Å². The molecule has 0 aromatic heterocycles. The van der Waals surface area contributed by atoms with Gasteiger partial charge in [-0.3, -0.25) is 4.90 Å². The Kier molecular flexibility index (Phi) is 6.75. The summed E-state index contributed by atoms with van der Waals surface area (Å²) in [7, 11) is 0. The van der Waals surface area contributed by atoms with E-state index in [4.69, 9.17) is 5.11 Å². The highest BCUT2D eigenvalue weighted by atomic mass is 16.4. The standard InChI is InChI=1S/C18H31NO2/c1-15(18(20)21)9-8-14-19(16-10-4-2-5-11-16)17-12-6-3-7-13-17/h9,16-17H,2-8,10-14H2,1H3,(H,20,21). The van der Waals surface area contributed by atoms with Gasteiger partial charge in [0.1, 0.15) is 0 Å². The highest BCUT2D eigenvalue weighted by molar-refractivity contribution is 5.85. The Bertz CT molecular complexity index is 334. The third kappa shape index (κ3) is 5.14. The van der Waals surface area contributed by atoms with E-state index in [1.807, 2.05) is 6.08 Å². The zero-order valence-electron chi connectivity index (χ0n) is 13.5. The van der Waals surface area contributed by atoms with Crippen molar-refractivity contribution in [2.45, 2.75) is 89.6 Å². The van der Waals surface area contributed by atoms with Gasteiger partial charge in [-0.25, -0.2) is 4.79 Å². The van der Waals surface area contributed by atoms with Crippen molar-refractivity contribution in [1.82, 2.24) is 4.90 Å². The van der Waals surface area contributed by atoms with Crippen molar-refractivity contribution in [3.63, 3.8) is 0 Å². The number of carboxylic acid groups (broad SMARTS) is 1. The van der Waals surface area contributed by atoms with E-state index in [0.717, 1.165) is 25.0 Å². The van der Waals surface area contributed by atoms with E-state index in [0.29, 0.717) is 5.57 Å². The molecule has 3 heteroatoms. The van der Waals surface area contributed by atoms with Gasteiger partial charge in [0.2, 0.25) is 0 Å². The van der Waals surface area contributed by atoms with Crippen molar-refractivity contribution in [2.24, 2.45) is 0 Å². The maximum Gasteiger partial charge on any atom is 0.330 e. The number of carboxylic acids is 1. The number of carbonyl (C=O) groups is 1. The van der Waals surface area contributed by atoms with Crippen molar-refractivity contribution >= 4 is 5.97 Å². The molecular formula is C18H31NO2. The first kappa shape index (κ1) is 16.5. The third-order valence-corrected chi connectivity index (χ3v) is 5.26. The second-order valence-corrected chi connectivity index (χ2v) is 6.80. The summed E-state index contributed by atoms with van der Waals surface area (Å²) in [4.78, 5) is 13.6. The maximum atomic E-state index is 10.9. The lowest BCUT2D eigenvalue weighted by molar-refractivity contribution is -0.132. The summed E-state index contributed by atoms with van der Waals surface area (Å²) in [6.45, 7) is 2.74. The molecule has 0 aromatic carbocycles. The van der Waals surface area contributed by atoms with Gasteiger partial charge in [0.25, 0.3) is 0 Å². The largest absolute Gasteiger partial charge is 0.478 e. The molecule has 0 heterocycles. The van der Waals surface area contributed by atoms with Gasteiger partial charge < -0.3 is 5.11 Å². The first-order valence-corrected chi connectivity index (χ1v) is 8.84. The molecule has 1 N–H and O–H groups in total. The van der Waals surface area contributed by atoms with Crippen LogP contribution >= 0.6 is 0 Å². The molecule has 21 heavy (non-hydrogen) atoms. The summed E-state index contributed by atoms with van der Waals surface area (Å²) in [5.41, 5.74) is 0.488. The van der Waals surface area contributed by atoms with Crippen molar-refractivity contribution in [3.05, 3.63) is 11.6 Å². The van der Waals surface area contributed by atoms with Crippen LogP contribution < -0.4 is 0 Å². The Morgan fingerprint density at radius 1 is 1.00 bits per heavy atom. The highest BCUT2D eigenvalue weighted by Gasteiger charge is 2.28. The smallest absolute Gasteiger partial charge is 0.330 e. The number of rotatable bonds is 6. The van der Waals surface area contributed by atoms with Gasteiger partial charge in [0.05, 0.1) is 0 Å². The van der Waals surface area contributed by atoms with Crippen LogP contribution in [0.1, 0.15) is 77.6 Å². The Morgan fingerprint density at radius 2 is 1.48 bits per heavy atom. The van der Waals surface area contributed by atoms with Gasteiger partial charge in [0, 0.05) is 24.2 Å². The minimum atomic E-state index is -0.781. The molecular weight excluding hydrogens is 262 g/mol. The quantitative estimate of drug-likeness (QED) is 0.739. The van der Waals surface area contributed by atoms with Crippen molar-refractivity contribution in [3.8, 4) is 0 Å². The molecule has 0 unspecified atom stereocenters. The predicted molar refractivity (Wildman–Crippen MR) is 86.5 cm³/mol. The van der Waals surface area contributed by atoms with E-state index in [9.17, 15) is 4.79 Å². The first-order chi connectivity index (χ1) is 10.2. The third-order valence-electron chi connectivity index (χ3n) is 5.26. The molecule has 0 saturated heterocycles. The van der Waals surface area contributed by atoms with Crippen LogP contribution in [0.15, 0.2) is 11.6 Å². The molecule has 0 spiro atoms. The SMILES string of the molecule is CC(=CCCN(C1CCCCC1)C1CCCCC1)C(=O)O. The van der Waals surface area contributed by atoms with Crippen molar-refractivity contribution < 1.29 is 9.90 Å². The normalized spacial score (nSPS) is 22.7. The van der Waals surface area contributed by atoms with Gasteiger partial charge in [0.15, 0.2) is 0 Å². The predicted octanol–water partition coefficient (Wildman–Crippen LogP) is 4.37. The van der Waals surface area contributed by atoms with Crippen LogP contribution in [-0.2, 0) is 4.79 Å². The van der Waals surface area contributed by atoms with Gasteiger partial charge in [-0.05, 0) is 39.0 Å². The molecule has 120 valence electrons. The van der Waals surface area contributed by atoms with Crippen LogP contribution in [0, 0.1) is 0 Å². The number of aliphatic carboxylic acids is 1. The summed E-state index contributed by atoms with van der Waals surface area (Å²) >= 11 is 0. The van der Waals surface area contributed by atoms with Crippen molar-refractivity contribution in [1.29, 1.82) is 0 Å². The van der Waals surface area contributed by atoms with Crippen LogP contribution in [-0.4, -0.2) is 34.6 Å². The fraction of sp³-hybridized carbons (Fsp3) is 0.833. The molecule has 2 rings (SSSR count). The summed E-state index contributed by atoms with van der Waals surface area (Å²) in [5.74, 6) is -0.781. The van der Waals surface area contributed by atoms with Gasteiger partial charge in [-0.2, -0.15) is 0 Å². The second kappa shape index (κ2) is 8.57. The Hall–Kier alpha value is -0.830. The second-order valence-electron chi connectivity index (χ2n) is 6.80. The molecule has 2 aliphatic carbocycles. The summed E-state index contributed by atoms with van der Waals surface area (Å²) in [6, 6.07) is 1.50. The maximum absolute atomic E-state index is 10.9. The summed E-state index contributed by atoms with van der Waals surface area (Å²) in [6.07, 6.45) is 16.4. The van der Waals surface area contributed by atoms with Crippen LogP contribution in [0.4, 0.5) is 0 Å². The molecule has 3 nitrogen and oxygen atoms in total. The molecule has 0 radical (unpaired) electrons. The minimum absolute atomic E-state index is 0.488. The molecule has 2 fully saturated rings. The van der Waals surface area contributed by atoms with Crippen LogP contribution in [0.5, 0.6) is 0 Å². The fourth-order valence-electron chi connectivity index (χ4n) is 4.01. The van der Waals surface area contributed by atoms with E-state index in [-0.39, 0.29) is 0 Å². The lowest BCUT2D eigenvalue weighted by Crippen LogP contribution is -2.45. The van der Waals surface area contributed by atoms with E-state index in [2.05, 4.69) is 4.90 Å². The average molecular weight is 293 g/mol. The van der Waals surface area contributed by atoms with Crippen LogP contribution in [0.2, 0.25) is 0 Å². The molecule has 0 amide bonds. The number of hydrogen-bond donors (Lipinski definition) is 1. The minimum Gasteiger partial charge on any atom is -0.478 e. The molecule has 0 aliphatic heterocycles. The van der Waals surface area contributed by atoms with E-state index >= 15 is 0 Å². The Morgan fingerprint density at radius 3 is 1.90 bits per heavy atom. The van der Waals surface area contributed by atoms with E-state index < -0.39 is 5.97 Å². The van der Waals surface area contributed by atoms with Gasteiger partial charge in [-0.1, -0.05) is 44.6 Å². The van der Waals surface area contributed by atoms with E-state index in [1.54, 1.807) is 6.92 Å². The van der Waals surface area contributed by atoms with Crippen LogP contribution in [0.25, 0.3) is 0 Å². The first-order valence-electron chi connectivity index (χ1n) is 8.84.